The Balaban J connectivity index is 0.985. The number of fused-ring (bicyclic) bond motifs is 9. The van der Waals surface area contributed by atoms with Crippen LogP contribution in [0.4, 0.5) is 0 Å². The Kier molecular flexibility index (Phi) is 7.70. The Morgan fingerprint density at radius 2 is 0.905 bits per heavy atom. The second kappa shape index (κ2) is 13.7. The molecule has 0 N–H and O–H groups in total. The molecule has 10 aromatic carbocycles. The van der Waals surface area contributed by atoms with Crippen LogP contribution in [-0.2, 0) is 5.41 Å². The molecule has 4 nitrogen and oxygen atoms in total. The van der Waals surface area contributed by atoms with Gasteiger partial charge in [-0.1, -0.05) is 176 Å². The number of hydrogen-bond acceptors (Lipinski definition) is 4. The van der Waals surface area contributed by atoms with Gasteiger partial charge >= 0.3 is 0 Å². The maximum absolute atomic E-state index is 6.46. The van der Waals surface area contributed by atoms with E-state index in [1.807, 2.05) is 0 Å². The molecule has 0 bridgehead atoms. The van der Waals surface area contributed by atoms with Gasteiger partial charge in [-0.05, 0) is 109 Å². The molecule has 2 aromatic heterocycles. The summed E-state index contributed by atoms with van der Waals surface area (Å²) in [4.78, 5) is 16.0. The van der Waals surface area contributed by atoms with Crippen molar-refractivity contribution in [2.45, 2.75) is 12.3 Å². The van der Waals surface area contributed by atoms with E-state index in [9.17, 15) is 0 Å². The SMILES string of the molecule is CC1(c2cccc(-c3nc(-c4cccc5ccccc45)nc(-c4cccc5cc(-c6cccc7oc8cc9ccccc9cc8c67)ccc45)n3)c2)c2ccccc2-c2ccccc21. The van der Waals surface area contributed by atoms with Crippen molar-refractivity contribution in [2.24, 2.45) is 0 Å². The van der Waals surface area contributed by atoms with Gasteiger partial charge in [0.15, 0.2) is 17.5 Å². The summed E-state index contributed by atoms with van der Waals surface area (Å²) >= 11 is 0. The van der Waals surface area contributed by atoms with Gasteiger partial charge in [-0.25, -0.2) is 15.0 Å². The number of nitrogens with zero attached hydrogens (tertiary/aromatic N) is 3. The van der Waals surface area contributed by atoms with Gasteiger partial charge in [0, 0.05) is 32.9 Å². The monoisotopic (exact) mass is 803 g/mol. The molecule has 0 saturated heterocycles. The molecule has 0 aliphatic heterocycles. The Morgan fingerprint density at radius 3 is 1.67 bits per heavy atom. The smallest absolute Gasteiger partial charge is 0.164 e. The molecule has 0 atom stereocenters. The van der Waals surface area contributed by atoms with E-state index in [0.717, 1.165) is 71.3 Å². The molecule has 2 heterocycles. The van der Waals surface area contributed by atoms with Crippen LogP contribution in [0.5, 0.6) is 0 Å². The highest BCUT2D eigenvalue weighted by molar-refractivity contribution is 6.16. The normalized spacial score (nSPS) is 13.0. The molecule has 0 saturated carbocycles. The molecule has 4 heteroatoms. The van der Waals surface area contributed by atoms with Gasteiger partial charge in [-0.15, -0.1) is 0 Å². The van der Waals surface area contributed by atoms with Crippen molar-refractivity contribution in [3.8, 4) is 56.4 Å². The van der Waals surface area contributed by atoms with Crippen LogP contribution in [0.3, 0.4) is 0 Å². The van der Waals surface area contributed by atoms with Crippen LogP contribution in [0, 0.1) is 0 Å². The Labute approximate surface area is 363 Å². The first-order valence-electron chi connectivity index (χ1n) is 21.5. The molecule has 1 aliphatic rings. The minimum Gasteiger partial charge on any atom is -0.456 e. The maximum atomic E-state index is 6.46. The molecule has 294 valence electrons. The molecule has 12 aromatic rings. The summed E-state index contributed by atoms with van der Waals surface area (Å²) in [5.41, 5.74) is 12.9. The van der Waals surface area contributed by atoms with E-state index >= 15 is 0 Å². The third kappa shape index (κ3) is 5.44. The number of furan rings is 1. The number of hydrogen-bond donors (Lipinski definition) is 0. The lowest BCUT2D eigenvalue weighted by atomic mass is 9.74. The summed E-state index contributed by atoms with van der Waals surface area (Å²) in [6, 6.07) is 73.5. The third-order valence-corrected chi connectivity index (χ3v) is 13.4. The molecule has 0 fully saturated rings. The van der Waals surface area contributed by atoms with Crippen LogP contribution >= 0.6 is 0 Å². The molecule has 0 radical (unpaired) electrons. The summed E-state index contributed by atoms with van der Waals surface area (Å²) in [7, 11) is 0. The molecular weight excluding hydrogens is 767 g/mol. The zero-order chi connectivity index (χ0) is 41.6. The molecule has 13 rings (SSSR count). The van der Waals surface area contributed by atoms with E-state index in [0.29, 0.717) is 17.5 Å². The second-order valence-corrected chi connectivity index (χ2v) is 16.8. The van der Waals surface area contributed by atoms with Crippen molar-refractivity contribution in [3.05, 3.63) is 223 Å². The lowest BCUT2D eigenvalue weighted by Crippen LogP contribution is -2.22. The van der Waals surface area contributed by atoms with Gasteiger partial charge in [-0.2, -0.15) is 0 Å². The summed E-state index contributed by atoms with van der Waals surface area (Å²) in [6.45, 7) is 2.35. The zero-order valence-electron chi connectivity index (χ0n) is 34.4. The third-order valence-electron chi connectivity index (χ3n) is 13.4. The lowest BCUT2D eigenvalue weighted by molar-refractivity contribution is 0.669. The molecule has 0 amide bonds. The highest BCUT2D eigenvalue weighted by Gasteiger charge is 2.40. The van der Waals surface area contributed by atoms with Crippen LogP contribution in [0.15, 0.2) is 211 Å². The van der Waals surface area contributed by atoms with Gasteiger partial charge < -0.3 is 4.42 Å². The van der Waals surface area contributed by atoms with Crippen molar-refractivity contribution in [2.75, 3.05) is 0 Å². The Hall–Kier alpha value is -8.21. The second-order valence-electron chi connectivity index (χ2n) is 16.8. The van der Waals surface area contributed by atoms with Crippen molar-refractivity contribution < 1.29 is 4.42 Å². The van der Waals surface area contributed by atoms with E-state index in [2.05, 4.69) is 213 Å². The van der Waals surface area contributed by atoms with Crippen molar-refractivity contribution in [3.63, 3.8) is 0 Å². The summed E-state index contributed by atoms with van der Waals surface area (Å²) in [5.74, 6) is 1.90. The quantitative estimate of drug-likeness (QED) is 0.174. The van der Waals surface area contributed by atoms with Gasteiger partial charge in [0.1, 0.15) is 11.2 Å². The van der Waals surface area contributed by atoms with E-state index < -0.39 is 0 Å². The fraction of sp³-hybridized carbons (Fsp3) is 0.0339. The van der Waals surface area contributed by atoms with Crippen LogP contribution in [0.1, 0.15) is 23.6 Å². The minimum atomic E-state index is -0.355. The summed E-state index contributed by atoms with van der Waals surface area (Å²) in [6.07, 6.45) is 0. The van der Waals surface area contributed by atoms with Crippen LogP contribution in [0.2, 0.25) is 0 Å². The van der Waals surface area contributed by atoms with Gasteiger partial charge in [-0.3, -0.25) is 0 Å². The largest absolute Gasteiger partial charge is 0.456 e. The van der Waals surface area contributed by atoms with E-state index in [1.165, 1.54) is 38.6 Å². The first-order chi connectivity index (χ1) is 31.1. The molecule has 0 spiro atoms. The fourth-order valence-electron chi connectivity index (χ4n) is 10.3. The van der Waals surface area contributed by atoms with Gasteiger partial charge in [0.05, 0.1) is 0 Å². The number of rotatable bonds is 5. The van der Waals surface area contributed by atoms with Gasteiger partial charge in [0.25, 0.3) is 0 Å². The standard InChI is InChI=1S/C59H37N3O/c1-59(51-27-8-6-22-46(51)47-23-7-9-28-52(47)59)42-20-10-19-41(33-42)56-60-57(48-25-11-17-36-14-4-5-21-43(36)48)62-58(61-56)49-26-12-18-39-32-40(30-31-44(39)49)45-24-13-29-53-55(45)50-34-37-15-2-3-16-38(37)35-54(50)63-53/h2-35H,1H3. The van der Waals surface area contributed by atoms with Crippen LogP contribution in [-0.4, -0.2) is 15.0 Å². The summed E-state index contributed by atoms with van der Waals surface area (Å²) in [5, 5.41) is 9.00. The predicted molar refractivity (Wildman–Crippen MR) is 259 cm³/mol. The molecule has 0 unspecified atom stereocenters. The lowest BCUT2D eigenvalue weighted by Gasteiger charge is -2.28. The fourth-order valence-corrected chi connectivity index (χ4v) is 10.3. The minimum absolute atomic E-state index is 0.355. The van der Waals surface area contributed by atoms with E-state index in [-0.39, 0.29) is 5.41 Å². The average Bonchev–Trinajstić information content (AvgIpc) is 3.85. The van der Waals surface area contributed by atoms with Crippen molar-refractivity contribution >= 4 is 54.3 Å². The summed E-state index contributed by atoms with van der Waals surface area (Å²) < 4.78 is 6.46. The maximum Gasteiger partial charge on any atom is 0.164 e. The average molecular weight is 804 g/mol. The highest BCUT2D eigenvalue weighted by Crippen LogP contribution is 2.52. The van der Waals surface area contributed by atoms with Crippen molar-refractivity contribution in [1.29, 1.82) is 0 Å². The first kappa shape index (κ1) is 35.5. The van der Waals surface area contributed by atoms with E-state index in [1.54, 1.807) is 0 Å². The molecular formula is C59H37N3O. The zero-order valence-corrected chi connectivity index (χ0v) is 34.4. The van der Waals surface area contributed by atoms with Crippen molar-refractivity contribution in [1.82, 2.24) is 15.0 Å². The first-order valence-corrected chi connectivity index (χ1v) is 21.5. The highest BCUT2D eigenvalue weighted by atomic mass is 16.3. The topological polar surface area (TPSA) is 51.8 Å². The van der Waals surface area contributed by atoms with Gasteiger partial charge in [0.2, 0.25) is 0 Å². The molecule has 63 heavy (non-hydrogen) atoms. The molecule has 1 aliphatic carbocycles. The van der Waals surface area contributed by atoms with Crippen LogP contribution in [0.25, 0.3) is 111 Å². The number of benzene rings is 10. The Morgan fingerprint density at radius 1 is 0.349 bits per heavy atom. The Bertz CT molecular complexity index is 3790. The van der Waals surface area contributed by atoms with Crippen LogP contribution < -0.4 is 0 Å². The van der Waals surface area contributed by atoms with E-state index in [4.69, 9.17) is 19.4 Å². The predicted octanol–water partition coefficient (Wildman–Crippen LogP) is 15.2. The number of aromatic nitrogens is 3.